The molecule has 0 saturated carbocycles. The first-order valence-corrected chi connectivity index (χ1v) is 5.75. The molecule has 0 heterocycles. The molecular weight excluding hydrogens is 182 g/mol. The molecule has 0 unspecified atom stereocenters. The van der Waals surface area contributed by atoms with Gasteiger partial charge in [-0.1, -0.05) is 52.9 Å². The molecule has 0 fully saturated rings. The van der Waals surface area contributed by atoms with Crippen LogP contribution in [0.25, 0.3) is 5.32 Å². The van der Waals surface area contributed by atoms with Crippen molar-refractivity contribution in [1.82, 2.24) is 0 Å². The molecule has 1 nitrogen and oxygen atoms in total. The average Bonchev–Trinajstić information content (AvgIpc) is 2.18. The van der Waals surface area contributed by atoms with Gasteiger partial charge in [-0.05, 0) is 0 Å². The summed E-state index contributed by atoms with van der Waals surface area (Å²) in [5.41, 5.74) is 0. The Kier molecular flexibility index (Phi) is 33.9. The maximum atomic E-state index is 4.35. The van der Waals surface area contributed by atoms with Crippen LogP contribution in [0.3, 0.4) is 0 Å². The monoisotopic (exact) mass is 209 g/mol. The van der Waals surface area contributed by atoms with Gasteiger partial charge < -0.3 is 12.2 Å². The summed E-state index contributed by atoms with van der Waals surface area (Å²) in [7, 11) is 0. The first kappa shape index (κ1) is 20.2. The molecule has 82 valence electrons. The Balaban J connectivity index is -0.000000209. The maximum absolute atomic E-state index is 4.35. The molecular formula is C12H27MgN. The van der Waals surface area contributed by atoms with Gasteiger partial charge in [0.1, 0.15) is 0 Å². The Hall–Kier alpha value is 0.726. The van der Waals surface area contributed by atoms with Crippen molar-refractivity contribution in [2.24, 2.45) is 0 Å². The standard InChI is InChI=1S/C8H18N.C4H9.Mg/c1-3-5-7-9-8-6-4-2;1-3-4-2;/h3-8H2,1-2H3;1,3-4H2,2H3;/q2*-1;+2. The molecule has 0 bridgehead atoms. The molecule has 0 radical (unpaired) electrons. The van der Waals surface area contributed by atoms with Crippen LogP contribution in [0.15, 0.2) is 0 Å². The van der Waals surface area contributed by atoms with E-state index in [4.69, 9.17) is 0 Å². The number of nitrogens with zero attached hydrogens (tertiary/aromatic N) is 1. The molecule has 0 aliphatic rings. The number of hydrogen-bond donors (Lipinski definition) is 0. The third kappa shape index (κ3) is 29.3. The largest absolute Gasteiger partial charge is 2.00 e. The van der Waals surface area contributed by atoms with E-state index in [2.05, 4.69) is 33.0 Å². The van der Waals surface area contributed by atoms with Crippen LogP contribution < -0.4 is 0 Å². The smallest absolute Gasteiger partial charge is 0.662 e. The summed E-state index contributed by atoms with van der Waals surface area (Å²) in [6.07, 6.45) is 7.36. The second kappa shape index (κ2) is 23.5. The van der Waals surface area contributed by atoms with Gasteiger partial charge in [0, 0.05) is 0 Å². The average molecular weight is 210 g/mol. The van der Waals surface area contributed by atoms with E-state index in [1.165, 1.54) is 32.1 Å². The molecule has 0 aliphatic carbocycles. The van der Waals surface area contributed by atoms with Crippen LogP contribution in [0, 0.1) is 6.92 Å². The molecule has 0 aromatic carbocycles. The predicted molar refractivity (Wildman–Crippen MR) is 68.9 cm³/mol. The van der Waals surface area contributed by atoms with Gasteiger partial charge in [-0.2, -0.15) is 6.42 Å². The van der Waals surface area contributed by atoms with E-state index in [-0.39, 0.29) is 23.1 Å². The number of hydrogen-bond acceptors (Lipinski definition) is 0. The zero-order valence-corrected chi connectivity index (χ0v) is 11.9. The van der Waals surface area contributed by atoms with Crippen LogP contribution in [0.1, 0.15) is 59.3 Å². The van der Waals surface area contributed by atoms with Crippen molar-refractivity contribution in [3.63, 3.8) is 0 Å². The van der Waals surface area contributed by atoms with Gasteiger partial charge in [-0.25, -0.2) is 0 Å². The van der Waals surface area contributed by atoms with Gasteiger partial charge in [-0.15, -0.1) is 13.1 Å². The molecule has 0 atom stereocenters. The molecule has 0 saturated heterocycles. The van der Waals surface area contributed by atoms with E-state index in [9.17, 15) is 0 Å². The summed E-state index contributed by atoms with van der Waals surface area (Å²) in [5, 5.41) is 4.35. The zero-order valence-electron chi connectivity index (χ0n) is 10.5. The minimum absolute atomic E-state index is 0. The first-order chi connectivity index (χ1) is 6.33. The van der Waals surface area contributed by atoms with Gasteiger partial charge >= 0.3 is 23.1 Å². The van der Waals surface area contributed by atoms with E-state index >= 15 is 0 Å². The Morgan fingerprint density at radius 1 is 0.857 bits per heavy atom. The molecule has 0 amide bonds. The fourth-order valence-electron chi connectivity index (χ4n) is 0.652. The Morgan fingerprint density at radius 3 is 1.43 bits per heavy atom. The normalized spacial score (nSPS) is 8.57. The molecule has 0 aromatic heterocycles. The number of rotatable bonds is 7. The fraction of sp³-hybridized carbons (Fsp3) is 0.917. The third-order valence-electron chi connectivity index (χ3n) is 1.69. The van der Waals surface area contributed by atoms with E-state index < -0.39 is 0 Å². The molecule has 0 N–H and O–H groups in total. The quantitative estimate of drug-likeness (QED) is 0.339. The SMILES string of the molecule is CCCC[N-]CCCC.[CH2-]CCC.[Mg+2]. The number of unbranched alkanes of at least 4 members (excludes halogenated alkanes) is 3. The Labute approximate surface area is 108 Å². The fourth-order valence-corrected chi connectivity index (χ4v) is 0.652. The van der Waals surface area contributed by atoms with Gasteiger partial charge in [-0.3, -0.25) is 0 Å². The maximum Gasteiger partial charge on any atom is 2.00 e. The summed E-state index contributed by atoms with van der Waals surface area (Å²) >= 11 is 0. The van der Waals surface area contributed by atoms with Crippen LogP contribution >= 0.6 is 0 Å². The zero-order chi connectivity index (χ0) is 10.4. The summed E-state index contributed by atoms with van der Waals surface area (Å²) in [5.74, 6) is 0. The summed E-state index contributed by atoms with van der Waals surface area (Å²) in [6, 6.07) is 0. The topological polar surface area (TPSA) is 14.1 Å². The van der Waals surface area contributed by atoms with Crippen molar-refractivity contribution in [3.05, 3.63) is 12.2 Å². The Morgan fingerprint density at radius 2 is 1.21 bits per heavy atom. The van der Waals surface area contributed by atoms with Crippen molar-refractivity contribution >= 4 is 23.1 Å². The van der Waals surface area contributed by atoms with Gasteiger partial charge in [0.05, 0.1) is 0 Å². The van der Waals surface area contributed by atoms with Crippen LogP contribution in [0.2, 0.25) is 0 Å². The van der Waals surface area contributed by atoms with Crippen molar-refractivity contribution < 1.29 is 0 Å². The predicted octanol–water partition coefficient (Wildman–Crippen LogP) is 4.20. The van der Waals surface area contributed by atoms with Crippen molar-refractivity contribution in [3.8, 4) is 0 Å². The van der Waals surface area contributed by atoms with Crippen molar-refractivity contribution in [2.45, 2.75) is 59.3 Å². The van der Waals surface area contributed by atoms with Gasteiger partial charge in [0.2, 0.25) is 0 Å². The summed E-state index contributed by atoms with van der Waals surface area (Å²) < 4.78 is 0. The molecule has 0 aromatic rings. The minimum atomic E-state index is 0. The second-order valence-electron chi connectivity index (χ2n) is 3.23. The van der Waals surface area contributed by atoms with Gasteiger partial charge in [0.25, 0.3) is 0 Å². The van der Waals surface area contributed by atoms with E-state index in [0.29, 0.717) is 0 Å². The summed E-state index contributed by atoms with van der Waals surface area (Å²) in [6.45, 7) is 12.3. The van der Waals surface area contributed by atoms with E-state index in [1.54, 1.807) is 0 Å². The molecule has 0 spiro atoms. The van der Waals surface area contributed by atoms with Crippen LogP contribution in [0.4, 0.5) is 0 Å². The third-order valence-corrected chi connectivity index (χ3v) is 1.69. The first-order valence-electron chi connectivity index (χ1n) is 5.75. The van der Waals surface area contributed by atoms with Crippen LogP contribution in [-0.2, 0) is 0 Å². The van der Waals surface area contributed by atoms with Crippen LogP contribution in [-0.4, -0.2) is 36.1 Å². The Bertz CT molecular complexity index is 59.3. The second-order valence-corrected chi connectivity index (χ2v) is 3.23. The minimum Gasteiger partial charge on any atom is -0.662 e. The van der Waals surface area contributed by atoms with Gasteiger partial charge in [0.15, 0.2) is 0 Å². The molecule has 0 aliphatic heterocycles. The van der Waals surface area contributed by atoms with E-state index in [1.807, 2.05) is 0 Å². The van der Waals surface area contributed by atoms with Crippen LogP contribution in [0.5, 0.6) is 0 Å². The molecule has 14 heavy (non-hydrogen) atoms. The van der Waals surface area contributed by atoms with Crippen molar-refractivity contribution in [1.29, 1.82) is 0 Å². The molecule has 0 rings (SSSR count). The van der Waals surface area contributed by atoms with E-state index in [0.717, 1.165) is 19.5 Å². The molecule has 2 heteroatoms. The van der Waals surface area contributed by atoms with Crippen molar-refractivity contribution in [2.75, 3.05) is 13.1 Å². The summed E-state index contributed by atoms with van der Waals surface area (Å²) in [4.78, 5) is 0.